The Bertz CT molecular complexity index is 1450. The van der Waals surface area contributed by atoms with E-state index in [1.54, 1.807) is 0 Å². The lowest BCUT2D eigenvalue weighted by Crippen LogP contribution is -1.86. The Labute approximate surface area is 281 Å². The van der Waals surface area contributed by atoms with E-state index in [1.807, 2.05) is 0 Å². The summed E-state index contributed by atoms with van der Waals surface area (Å²) in [5.74, 6) is 0. The van der Waals surface area contributed by atoms with E-state index in [0.29, 0.717) is 0 Å². The van der Waals surface area contributed by atoms with Crippen LogP contribution >= 0.6 is 86.3 Å². The molecule has 6 rings (SSSR count). The van der Waals surface area contributed by atoms with E-state index < -0.39 is 0 Å². The fourth-order valence-electron chi connectivity index (χ4n) is 5.15. The normalized spacial score (nSPS) is 11.1. The maximum absolute atomic E-state index is 3.65. The monoisotopic (exact) mass is 883 g/mol. The van der Waals surface area contributed by atoms with Crippen molar-refractivity contribution in [3.63, 3.8) is 0 Å². The van der Waals surface area contributed by atoms with Crippen LogP contribution in [0.5, 0.6) is 0 Å². The standard InChI is InChI=1S/C35H20Br4I/c36-26-11-1-21(2-12-26)31-32(22-3-13-27(37)14-4-22)34(24-7-17-29(39)18-8-24)35(25-9-19-30(40)20-10-25)33(31)23-5-15-28(38)16-6-23/h1-20H/q-1. The Morgan fingerprint density at radius 3 is 1.05 bits per heavy atom. The first-order chi connectivity index (χ1) is 19.4. The zero-order valence-corrected chi connectivity index (χ0v) is 29.4. The van der Waals surface area contributed by atoms with Crippen molar-refractivity contribution in [3.05, 3.63) is 143 Å². The molecule has 0 aliphatic heterocycles. The Morgan fingerprint density at radius 2 is 0.675 bits per heavy atom. The molecule has 0 atom stereocenters. The molecule has 0 heterocycles. The molecule has 0 fully saturated rings. The van der Waals surface area contributed by atoms with Gasteiger partial charge < -0.3 is 0 Å². The fourth-order valence-corrected chi connectivity index (χ4v) is 6.57. The number of hydrogen-bond acceptors (Lipinski definition) is 0. The molecule has 0 unspecified atom stereocenters. The predicted molar refractivity (Wildman–Crippen MR) is 193 cm³/mol. The molecule has 0 saturated carbocycles. The molecule has 0 aliphatic rings. The predicted octanol–water partition coefficient (Wildman–Crippen LogP) is 13.4. The smallest absolute Gasteiger partial charge is 0.0175 e. The third kappa shape index (κ3) is 5.73. The third-order valence-electron chi connectivity index (χ3n) is 6.91. The molecule has 0 aliphatic carbocycles. The van der Waals surface area contributed by atoms with Crippen LogP contribution in [0.2, 0.25) is 0 Å². The highest BCUT2D eigenvalue weighted by Gasteiger charge is 2.23. The Balaban J connectivity index is 1.84. The number of halogens is 5. The summed E-state index contributed by atoms with van der Waals surface area (Å²) >= 11 is 17.0. The van der Waals surface area contributed by atoms with Gasteiger partial charge in [-0.3, -0.25) is 0 Å². The summed E-state index contributed by atoms with van der Waals surface area (Å²) in [6.45, 7) is 0. The maximum atomic E-state index is 3.65. The van der Waals surface area contributed by atoms with Crippen molar-refractivity contribution in [2.24, 2.45) is 0 Å². The zero-order chi connectivity index (χ0) is 27.8. The van der Waals surface area contributed by atoms with Crippen LogP contribution in [0.3, 0.4) is 0 Å². The van der Waals surface area contributed by atoms with Gasteiger partial charge in [0.05, 0.1) is 0 Å². The van der Waals surface area contributed by atoms with Gasteiger partial charge in [0.25, 0.3) is 0 Å². The molecule has 6 aromatic rings. The van der Waals surface area contributed by atoms with Crippen LogP contribution in [0, 0.1) is 3.57 Å². The fraction of sp³-hybridized carbons (Fsp3) is 0. The molecule has 0 N–H and O–H groups in total. The van der Waals surface area contributed by atoms with E-state index in [4.69, 9.17) is 0 Å². The average Bonchev–Trinajstić information content (AvgIpc) is 3.31. The van der Waals surface area contributed by atoms with Crippen LogP contribution < -0.4 is 0 Å². The maximum Gasteiger partial charge on any atom is 0.0175 e. The second kappa shape index (κ2) is 12.1. The van der Waals surface area contributed by atoms with Crippen molar-refractivity contribution in [2.45, 2.75) is 0 Å². The van der Waals surface area contributed by atoms with Gasteiger partial charge >= 0.3 is 0 Å². The van der Waals surface area contributed by atoms with Gasteiger partial charge in [0, 0.05) is 21.5 Å². The van der Waals surface area contributed by atoms with Crippen LogP contribution in [-0.4, -0.2) is 0 Å². The van der Waals surface area contributed by atoms with E-state index in [1.165, 1.54) is 59.2 Å². The lowest BCUT2D eigenvalue weighted by Gasteiger charge is -2.18. The van der Waals surface area contributed by atoms with Crippen LogP contribution in [0.4, 0.5) is 0 Å². The Kier molecular flexibility index (Phi) is 8.57. The van der Waals surface area contributed by atoms with Gasteiger partial charge in [-0.2, -0.15) is 0 Å². The van der Waals surface area contributed by atoms with Gasteiger partial charge in [-0.05, 0) is 58.0 Å². The van der Waals surface area contributed by atoms with E-state index in [0.717, 1.165) is 17.9 Å². The van der Waals surface area contributed by atoms with Crippen molar-refractivity contribution < 1.29 is 0 Å². The van der Waals surface area contributed by atoms with Gasteiger partial charge in [-0.15, -0.1) is 0 Å². The number of rotatable bonds is 5. The van der Waals surface area contributed by atoms with E-state index in [2.05, 4.69) is 208 Å². The van der Waals surface area contributed by atoms with E-state index >= 15 is 0 Å². The molecule has 5 heteroatoms. The zero-order valence-electron chi connectivity index (χ0n) is 20.9. The second-order valence-corrected chi connectivity index (χ2v) is 14.3. The molecule has 0 bridgehead atoms. The summed E-state index contributed by atoms with van der Waals surface area (Å²) in [6.07, 6.45) is 0. The second-order valence-electron chi connectivity index (χ2n) is 9.41. The summed E-state index contributed by atoms with van der Waals surface area (Å²) in [5, 5.41) is 0. The van der Waals surface area contributed by atoms with Crippen LogP contribution in [0.25, 0.3) is 55.6 Å². The molecule has 0 nitrogen and oxygen atoms in total. The molecule has 0 saturated heterocycles. The summed E-state index contributed by atoms with van der Waals surface area (Å²) in [5.41, 5.74) is 12.0. The third-order valence-corrected chi connectivity index (χ3v) is 9.75. The quantitative estimate of drug-likeness (QED) is 0.120. The first-order valence-electron chi connectivity index (χ1n) is 12.6. The molecule has 0 spiro atoms. The molecule has 0 amide bonds. The highest BCUT2D eigenvalue weighted by atomic mass is 127. The Hall–Kier alpha value is -1.90. The first kappa shape index (κ1) is 28.2. The van der Waals surface area contributed by atoms with Gasteiger partial charge in [0.1, 0.15) is 0 Å². The highest BCUT2D eigenvalue weighted by Crippen LogP contribution is 2.55. The Morgan fingerprint density at radius 1 is 0.375 bits per heavy atom. The number of hydrogen-bond donors (Lipinski definition) is 0. The minimum absolute atomic E-state index is 1.06. The van der Waals surface area contributed by atoms with Crippen molar-refractivity contribution in [3.8, 4) is 55.6 Å². The summed E-state index contributed by atoms with van der Waals surface area (Å²) in [7, 11) is 0. The lowest BCUT2D eigenvalue weighted by atomic mass is 9.91. The van der Waals surface area contributed by atoms with Crippen LogP contribution in [0.15, 0.2) is 139 Å². The molecule has 0 radical (unpaired) electrons. The molecular formula is C35H20Br4I-. The van der Waals surface area contributed by atoms with Crippen LogP contribution in [0.1, 0.15) is 0 Å². The minimum Gasteiger partial charge on any atom is -0.0988 e. The van der Waals surface area contributed by atoms with E-state index in [9.17, 15) is 0 Å². The molecule has 40 heavy (non-hydrogen) atoms. The van der Waals surface area contributed by atoms with E-state index in [-0.39, 0.29) is 0 Å². The summed E-state index contributed by atoms with van der Waals surface area (Å²) < 4.78 is 5.45. The highest BCUT2D eigenvalue weighted by molar-refractivity contribution is 14.1. The van der Waals surface area contributed by atoms with Crippen molar-refractivity contribution >= 4 is 86.3 Å². The molecule has 6 aromatic carbocycles. The lowest BCUT2D eigenvalue weighted by molar-refractivity contribution is 1.58. The first-order valence-corrected chi connectivity index (χ1v) is 16.8. The molecule has 0 aromatic heterocycles. The van der Waals surface area contributed by atoms with Gasteiger partial charge in [0.15, 0.2) is 0 Å². The summed E-state index contributed by atoms with van der Waals surface area (Å²) in [6, 6.07) is 43.6. The van der Waals surface area contributed by atoms with Crippen molar-refractivity contribution in [1.29, 1.82) is 0 Å². The number of benzene rings is 5. The molecular weight excluding hydrogens is 867 g/mol. The van der Waals surface area contributed by atoms with Crippen molar-refractivity contribution in [1.82, 2.24) is 0 Å². The minimum atomic E-state index is 1.06. The van der Waals surface area contributed by atoms with Gasteiger partial charge in [0.2, 0.25) is 0 Å². The summed E-state index contributed by atoms with van der Waals surface area (Å²) in [4.78, 5) is 0. The van der Waals surface area contributed by atoms with Gasteiger partial charge in [-0.1, -0.05) is 205 Å². The van der Waals surface area contributed by atoms with Gasteiger partial charge in [-0.25, -0.2) is 0 Å². The topological polar surface area (TPSA) is 0 Å². The van der Waals surface area contributed by atoms with Crippen LogP contribution in [-0.2, 0) is 0 Å². The SMILES string of the molecule is Brc1ccc(-c2c(-c3ccc(Br)cc3)c(-c3ccc(I)cc3)[c-](-c3ccc(Br)cc3)c2-c2ccc(Br)cc2)cc1. The largest absolute Gasteiger partial charge is 0.0988 e. The molecule has 196 valence electrons. The van der Waals surface area contributed by atoms with Crippen molar-refractivity contribution in [2.75, 3.05) is 0 Å². The average molecular weight is 887 g/mol.